The fraction of sp³-hybridized carbons (Fsp3) is 0. The number of nitrogens with zero attached hydrogens (tertiary/aromatic N) is 2. The third-order valence-corrected chi connectivity index (χ3v) is 5.30. The van der Waals surface area contributed by atoms with Gasteiger partial charge in [0.05, 0.1) is 0 Å². The molecule has 2 aromatic heterocycles. The predicted molar refractivity (Wildman–Crippen MR) is 79.7 cm³/mol. The van der Waals surface area contributed by atoms with Gasteiger partial charge < -0.3 is 0 Å². The fourth-order valence-corrected chi connectivity index (χ4v) is 4.32. The molecule has 0 radical (unpaired) electrons. The summed E-state index contributed by atoms with van der Waals surface area (Å²) in [6.45, 7) is 0. The molecule has 0 saturated carbocycles. The zero-order valence-corrected chi connectivity index (χ0v) is 12.3. The summed E-state index contributed by atoms with van der Waals surface area (Å²) in [5.74, 6) is 0.0360. The van der Waals surface area contributed by atoms with E-state index in [0.29, 0.717) is 10.4 Å². The van der Waals surface area contributed by atoms with Crippen LogP contribution in [0.1, 0.15) is 0 Å². The third-order valence-electron chi connectivity index (χ3n) is 2.58. The van der Waals surface area contributed by atoms with Gasteiger partial charge in [0.25, 0.3) is 10.0 Å². The van der Waals surface area contributed by atoms with Crippen LogP contribution in [0.4, 0.5) is 5.95 Å². The van der Waals surface area contributed by atoms with Gasteiger partial charge in [-0.2, -0.15) is 0 Å². The first-order valence-corrected chi connectivity index (χ1v) is 8.27. The van der Waals surface area contributed by atoms with E-state index in [0.717, 1.165) is 4.70 Å². The van der Waals surface area contributed by atoms with Crippen LogP contribution in [-0.2, 0) is 10.0 Å². The summed E-state index contributed by atoms with van der Waals surface area (Å²) < 4.78 is 27.9. The van der Waals surface area contributed by atoms with Crippen molar-refractivity contribution in [1.29, 1.82) is 0 Å². The Kier molecular flexibility index (Phi) is 3.33. The van der Waals surface area contributed by atoms with Crippen LogP contribution in [0, 0.1) is 0 Å². The van der Waals surface area contributed by atoms with Crippen LogP contribution in [-0.4, -0.2) is 18.4 Å². The molecule has 3 aromatic rings. The first-order valence-electron chi connectivity index (χ1n) is 5.53. The van der Waals surface area contributed by atoms with Gasteiger partial charge in [-0.15, -0.1) is 11.3 Å². The fourth-order valence-electron chi connectivity index (χ4n) is 1.71. The van der Waals surface area contributed by atoms with Crippen LogP contribution in [0.15, 0.2) is 46.9 Å². The monoisotopic (exact) mass is 325 g/mol. The summed E-state index contributed by atoms with van der Waals surface area (Å²) in [6.07, 6.45) is 2.93. The number of halogens is 1. The highest BCUT2D eigenvalue weighted by atomic mass is 35.5. The van der Waals surface area contributed by atoms with Gasteiger partial charge in [0.1, 0.15) is 4.90 Å². The van der Waals surface area contributed by atoms with Crippen molar-refractivity contribution >= 4 is 49.0 Å². The molecule has 0 spiro atoms. The number of thiophene rings is 1. The second-order valence-corrected chi connectivity index (χ2v) is 6.92. The molecule has 0 bridgehead atoms. The second kappa shape index (κ2) is 5.01. The van der Waals surface area contributed by atoms with E-state index in [1.165, 1.54) is 23.7 Å². The molecule has 1 aromatic carbocycles. The van der Waals surface area contributed by atoms with Gasteiger partial charge in [-0.05, 0) is 24.3 Å². The molecule has 0 unspecified atom stereocenters. The van der Waals surface area contributed by atoms with Crippen molar-refractivity contribution in [2.45, 2.75) is 4.90 Å². The Morgan fingerprint density at radius 3 is 2.70 bits per heavy atom. The molecule has 5 nitrogen and oxygen atoms in total. The number of fused-ring (bicyclic) bond motifs is 1. The summed E-state index contributed by atoms with van der Waals surface area (Å²) >= 11 is 7.26. The van der Waals surface area contributed by atoms with Gasteiger partial charge in [0.15, 0.2) is 0 Å². The number of hydrogen-bond donors (Lipinski definition) is 1. The van der Waals surface area contributed by atoms with Crippen LogP contribution in [0.25, 0.3) is 10.1 Å². The van der Waals surface area contributed by atoms with Gasteiger partial charge in [-0.1, -0.05) is 11.6 Å². The molecule has 0 saturated heterocycles. The number of anilines is 1. The highest BCUT2D eigenvalue weighted by molar-refractivity contribution is 7.93. The Balaban J connectivity index is 2.08. The van der Waals surface area contributed by atoms with Crippen molar-refractivity contribution in [2.24, 2.45) is 0 Å². The summed E-state index contributed by atoms with van der Waals surface area (Å²) in [5.41, 5.74) is 0. The Morgan fingerprint density at radius 1 is 1.20 bits per heavy atom. The van der Waals surface area contributed by atoms with Gasteiger partial charge in [-0.3, -0.25) is 0 Å². The van der Waals surface area contributed by atoms with Crippen LogP contribution in [0.2, 0.25) is 5.02 Å². The van der Waals surface area contributed by atoms with Crippen LogP contribution >= 0.6 is 22.9 Å². The van der Waals surface area contributed by atoms with E-state index in [1.807, 2.05) is 0 Å². The normalized spacial score (nSPS) is 11.7. The number of sulfonamides is 1. The molecule has 0 aliphatic heterocycles. The minimum absolute atomic E-state index is 0.0360. The highest BCUT2D eigenvalue weighted by Gasteiger charge is 2.20. The van der Waals surface area contributed by atoms with Gasteiger partial charge >= 0.3 is 0 Å². The maximum Gasteiger partial charge on any atom is 0.265 e. The second-order valence-electron chi connectivity index (χ2n) is 3.92. The molecular weight excluding hydrogens is 318 g/mol. The van der Waals surface area contributed by atoms with Crippen molar-refractivity contribution < 1.29 is 8.42 Å². The molecule has 3 rings (SSSR count). The lowest BCUT2D eigenvalue weighted by atomic mass is 10.3. The van der Waals surface area contributed by atoms with E-state index in [1.54, 1.807) is 29.6 Å². The van der Waals surface area contributed by atoms with Crippen molar-refractivity contribution in [1.82, 2.24) is 9.97 Å². The molecule has 2 heterocycles. The molecule has 20 heavy (non-hydrogen) atoms. The highest BCUT2D eigenvalue weighted by Crippen LogP contribution is 2.32. The minimum atomic E-state index is -3.74. The largest absolute Gasteiger partial charge is 0.265 e. The van der Waals surface area contributed by atoms with Crippen molar-refractivity contribution in [3.63, 3.8) is 0 Å². The van der Waals surface area contributed by atoms with Gasteiger partial charge in [0.2, 0.25) is 5.95 Å². The topological polar surface area (TPSA) is 72.0 Å². The zero-order valence-electron chi connectivity index (χ0n) is 9.95. The average Bonchev–Trinajstić information content (AvgIpc) is 2.83. The summed E-state index contributed by atoms with van der Waals surface area (Å²) in [5, 5.41) is 2.65. The lowest BCUT2D eigenvalue weighted by Crippen LogP contribution is -2.14. The Labute approximate surface area is 124 Å². The summed E-state index contributed by atoms with van der Waals surface area (Å²) in [6, 6.07) is 6.76. The molecule has 0 aliphatic carbocycles. The van der Waals surface area contributed by atoms with Crippen molar-refractivity contribution in [2.75, 3.05) is 4.72 Å². The standard InChI is InChI=1S/C12H8ClN3O2S2/c13-8-2-3-10-9(6-8)11(7-19-10)20(17,18)16-12-14-4-1-5-15-12/h1-7H,(H,14,15,16). The number of rotatable bonds is 3. The van der Waals surface area contributed by atoms with Gasteiger partial charge in [-0.25, -0.2) is 23.1 Å². The Bertz CT molecular complexity index is 863. The molecule has 102 valence electrons. The Hall–Kier alpha value is -1.70. The van der Waals surface area contributed by atoms with E-state index < -0.39 is 10.0 Å². The molecule has 0 fully saturated rings. The number of benzene rings is 1. The minimum Gasteiger partial charge on any atom is -0.247 e. The van der Waals surface area contributed by atoms with E-state index in [-0.39, 0.29) is 10.8 Å². The lowest BCUT2D eigenvalue weighted by molar-refractivity contribution is 0.602. The SMILES string of the molecule is O=S(=O)(Nc1ncccn1)c1csc2ccc(Cl)cc12. The maximum absolute atomic E-state index is 12.4. The van der Waals surface area contributed by atoms with Crippen LogP contribution in [0.5, 0.6) is 0 Å². The summed E-state index contributed by atoms with van der Waals surface area (Å²) in [4.78, 5) is 7.87. The van der Waals surface area contributed by atoms with Crippen LogP contribution in [0.3, 0.4) is 0 Å². The lowest BCUT2D eigenvalue weighted by Gasteiger charge is -2.05. The van der Waals surface area contributed by atoms with Crippen molar-refractivity contribution in [3.05, 3.63) is 47.1 Å². The van der Waals surface area contributed by atoms with E-state index in [4.69, 9.17) is 11.6 Å². The number of aromatic nitrogens is 2. The van der Waals surface area contributed by atoms with Crippen molar-refractivity contribution in [3.8, 4) is 0 Å². The third kappa shape index (κ3) is 2.47. The number of hydrogen-bond acceptors (Lipinski definition) is 5. The van der Waals surface area contributed by atoms with E-state index in [9.17, 15) is 8.42 Å². The molecule has 8 heteroatoms. The molecular formula is C12H8ClN3O2S2. The first-order chi connectivity index (χ1) is 9.56. The molecule has 0 amide bonds. The quantitative estimate of drug-likeness (QED) is 0.803. The zero-order chi connectivity index (χ0) is 14.2. The smallest absolute Gasteiger partial charge is 0.247 e. The number of nitrogens with one attached hydrogen (secondary N) is 1. The van der Waals surface area contributed by atoms with Crippen LogP contribution < -0.4 is 4.72 Å². The maximum atomic E-state index is 12.4. The predicted octanol–water partition coefficient (Wildman–Crippen LogP) is 3.15. The molecule has 1 N–H and O–H groups in total. The molecule has 0 aliphatic rings. The van der Waals surface area contributed by atoms with E-state index >= 15 is 0 Å². The Morgan fingerprint density at radius 2 is 1.95 bits per heavy atom. The average molecular weight is 326 g/mol. The summed E-state index contributed by atoms with van der Waals surface area (Å²) in [7, 11) is -3.74. The van der Waals surface area contributed by atoms with E-state index in [2.05, 4.69) is 14.7 Å². The van der Waals surface area contributed by atoms with Gasteiger partial charge in [0, 0.05) is 32.9 Å². The molecule has 0 atom stereocenters. The first kappa shape index (κ1) is 13.3.